The third-order valence-corrected chi connectivity index (χ3v) is 5.17. The average Bonchev–Trinajstić information content (AvgIpc) is 3.14. The van der Waals surface area contributed by atoms with Gasteiger partial charge in [0.25, 0.3) is 11.8 Å². The maximum Gasteiger partial charge on any atom is 0.257 e. The van der Waals surface area contributed by atoms with Gasteiger partial charge < -0.3 is 9.80 Å². The first-order valence-electron chi connectivity index (χ1n) is 9.49. The molecule has 0 aliphatic carbocycles. The van der Waals surface area contributed by atoms with E-state index >= 15 is 0 Å². The molecule has 0 N–H and O–H groups in total. The van der Waals surface area contributed by atoms with Gasteiger partial charge in [0, 0.05) is 31.7 Å². The first kappa shape index (κ1) is 18.9. The second-order valence-corrected chi connectivity index (χ2v) is 6.99. The lowest BCUT2D eigenvalue weighted by molar-refractivity contribution is 0.0535. The van der Waals surface area contributed by atoms with Gasteiger partial charge in [0.2, 0.25) is 0 Å². The van der Waals surface area contributed by atoms with E-state index in [1.165, 1.54) is 18.2 Å². The van der Waals surface area contributed by atoms with Gasteiger partial charge in [-0.3, -0.25) is 9.59 Å². The number of benzene rings is 2. The van der Waals surface area contributed by atoms with Gasteiger partial charge >= 0.3 is 0 Å². The zero-order valence-corrected chi connectivity index (χ0v) is 16.1. The molecule has 1 saturated heterocycles. The molecule has 6 nitrogen and oxygen atoms in total. The molecule has 0 spiro atoms. The Morgan fingerprint density at radius 2 is 1.55 bits per heavy atom. The summed E-state index contributed by atoms with van der Waals surface area (Å²) in [5, 5.41) is 4.36. The molecule has 3 aromatic rings. The Bertz CT molecular complexity index is 1040. The smallest absolute Gasteiger partial charge is 0.257 e. The number of hydrogen-bond donors (Lipinski definition) is 0. The molecular weight excluding hydrogens is 371 g/mol. The predicted molar refractivity (Wildman–Crippen MR) is 107 cm³/mol. The second kappa shape index (κ2) is 7.87. The van der Waals surface area contributed by atoms with Crippen molar-refractivity contribution in [3.05, 3.63) is 83.4 Å². The summed E-state index contributed by atoms with van der Waals surface area (Å²) in [4.78, 5) is 28.9. The molecule has 7 heteroatoms. The van der Waals surface area contributed by atoms with Crippen LogP contribution in [0.3, 0.4) is 0 Å². The molecule has 1 fully saturated rings. The standard InChI is InChI=1S/C22H21FN4O2/c1-16-20(15-24-27(16)19-8-3-2-4-9-19)22(29)26-12-10-25(11-13-26)21(28)17-6-5-7-18(23)14-17/h2-9,14-15H,10-13H2,1H3. The van der Waals surface area contributed by atoms with E-state index in [4.69, 9.17) is 0 Å². The van der Waals surface area contributed by atoms with Crippen molar-refractivity contribution >= 4 is 11.8 Å². The summed E-state index contributed by atoms with van der Waals surface area (Å²) in [6.07, 6.45) is 1.59. The molecule has 148 valence electrons. The van der Waals surface area contributed by atoms with Crippen molar-refractivity contribution in [2.45, 2.75) is 6.92 Å². The second-order valence-electron chi connectivity index (χ2n) is 6.99. The summed E-state index contributed by atoms with van der Waals surface area (Å²) in [5.74, 6) is -0.747. The summed E-state index contributed by atoms with van der Waals surface area (Å²) >= 11 is 0. The van der Waals surface area contributed by atoms with Gasteiger partial charge in [-0.2, -0.15) is 5.10 Å². The molecule has 0 unspecified atom stereocenters. The number of rotatable bonds is 3. The number of aromatic nitrogens is 2. The monoisotopic (exact) mass is 392 g/mol. The molecule has 1 aliphatic heterocycles. The molecular formula is C22H21FN4O2. The van der Waals surface area contributed by atoms with E-state index in [1.807, 2.05) is 37.3 Å². The van der Waals surface area contributed by atoms with Crippen molar-refractivity contribution < 1.29 is 14.0 Å². The van der Waals surface area contributed by atoms with Crippen molar-refractivity contribution in [3.63, 3.8) is 0 Å². The first-order valence-corrected chi connectivity index (χ1v) is 9.49. The highest BCUT2D eigenvalue weighted by molar-refractivity contribution is 5.96. The van der Waals surface area contributed by atoms with Crippen LogP contribution in [0.15, 0.2) is 60.8 Å². The van der Waals surface area contributed by atoms with Gasteiger partial charge in [-0.05, 0) is 37.3 Å². The number of nitrogens with zero attached hydrogens (tertiary/aromatic N) is 4. The Balaban J connectivity index is 1.43. The highest BCUT2D eigenvalue weighted by Gasteiger charge is 2.27. The summed E-state index contributed by atoms with van der Waals surface area (Å²) < 4.78 is 15.1. The van der Waals surface area contributed by atoms with Crippen LogP contribution >= 0.6 is 0 Å². The van der Waals surface area contributed by atoms with Gasteiger partial charge in [-0.25, -0.2) is 9.07 Å². The summed E-state index contributed by atoms with van der Waals surface area (Å²) in [7, 11) is 0. The van der Waals surface area contributed by atoms with E-state index in [2.05, 4.69) is 5.10 Å². The Labute approximate surface area is 168 Å². The lowest BCUT2D eigenvalue weighted by Crippen LogP contribution is -2.50. The van der Waals surface area contributed by atoms with Crippen LogP contribution in [0.1, 0.15) is 26.4 Å². The number of carbonyl (C=O) groups excluding carboxylic acids is 2. The quantitative estimate of drug-likeness (QED) is 0.689. The number of piperazine rings is 1. The van der Waals surface area contributed by atoms with Crippen molar-refractivity contribution in [3.8, 4) is 5.69 Å². The van der Waals surface area contributed by atoms with E-state index in [-0.39, 0.29) is 11.8 Å². The van der Waals surface area contributed by atoms with Crippen LogP contribution in [0, 0.1) is 12.7 Å². The van der Waals surface area contributed by atoms with E-state index in [9.17, 15) is 14.0 Å². The molecule has 1 aliphatic rings. The van der Waals surface area contributed by atoms with Crippen LogP contribution in [0.2, 0.25) is 0 Å². The lowest BCUT2D eigenvalue weighted by Gasteiger charge is -2.34. The van der Waals surface area contributed by atoms with Crippen molar-refractivity contribution in [2.75, 3.05) is 26.2 Å². The number of halogens is 1. The summed E-state index contributed by atoms with van der Waals surface area (Å²) in [6.45, 7) is 3.54. The average molecular weight is 392 g/mol. The maximum atomic E-state index is 13.4. The minimum atomic E-state index is -0.435. The van der Waals surface area contributed by atoms with Crippen LogP contribution in [-0.4, -0.2) is 57.6 Å². The Hall–Kier alpha value is -3.48. The summed E-state index contributed by atoms with van der Waals surface area (Å²) in [5.41, 5.74) is 2.55. The van der Waals surface area contributed by atoms with E-state index in [0.29, 0.717) is 37.3 Å². The number of hydrogen-bond acceptors (Lipinski definition) is 3. The van der Waals surface area contributed by atoms with Crippen LogP contribution in [-0.2, 0) is 0 Å². The largest absolute Gasteiger partial charge is 0.335 e. The van der Waals surface area contributed by atoms with E-state index in [0.717, 1.165) is 11.4 Å². The third-order valence-electron chi connectivity index (χ3n) is 5.17. The minimum absolute atomic E-state index is 0.0949. The molecule has 0 radical (unpaired) electrons. The summed E-state index contributed by atoms with van der Waals surface area (Å²) in [6, 6.07) is 15.3. The van der Waals surface area contributed by atoms with Gasteiger partial charge in [0.05, 0.1) is 23.1 Å². The number of amides is 2. The Kier molecular flexibility index (Phi) is 5.12. The van der Waals surface area contributed by atoms with Gasteiger partial charge in [-0.15, -0.1) is 0 Å². The van der Waals surface area contributed by atoms with Crippen LogP contribution < -0.4 is 0 Å². The molecule has 2 heterocycles. The van der Waals surface area contributed by atoms with Crippen LogP contribution in [0.5, 0.6) is 0 Å². The minimum Gasteiger partial charge on any atom is -0.335 e. The zero-order chi connectivity index (χ0) is 20.4. The topological polar surface area (TPSA) is 58.4 Å². The number of carbonyl (C=O) groups is 2. The molecule has 2 aromatic carbocycles. The molecule has 29 heavy (non-hydrogen) atoms. The zero-order valence-electron chi connectivity index (χ0n) is 16.1. The lowest BCUT2D eigenvalue weighted by atomic mass is 10.1. The van der Waals surface area contributed by atoms with Gasteiger partial charge in [-0.1, -0.05) is 24.3 Å². The van der Waals surface area contributed by atoms with E-state index in [1.54, 1.807) is 26.7 Å². The predicted octanol–water partition coefficient (Wildman–Crippen LogP) is 2.92. The fourth-order valence-corrected chi connectivity index (χ4v) is 3.54. The van der Waals surface area contributed by atoms with Crippen molar-refractivity contribution in [1.82, 2.24) is 19.6 Å². The fraction of sp³-hybridized carbons (Fsp3) is 0.227. The Morgan fingerprint density at radius 1 is 0.897 bits per heavy atom. The molecule has 1 aromatic heterocycles. The third kappa shape index (κ3) is 3.76. The van der Waals surface area contributed by atoms with Gasteiger partial charge in [0.1, 0.15) is 5.82 Å². The highest BCUT2D eigenvalue weighted by Crippen LogP contribution is 2.17. The molecule has 0 atom stereocenters. The molecule has 2 amide bonds. The van der Waals surface area contributed by atoms with Crippen LogP contribution in [0.4, 0.5) is 4.39 Å². The number of para-hydroxylation sites is 1. The van der Waals surface area contributed by atoms with Crippen molar-refractivity contribution in [1.29, 1.82) is 0 Å². The Morgan fingerprint density at radius 3 is 2.21 bits per heavy atom. The molecule has 4 rings (SSSR count). The van der Waals surface area contributed by atoms with Crippen molar-refractivity contribution in [2.24, 2.45) is 0 Å². The highest BCUT2D eigenvalue weighted by atomic mass is 19.1. The van der Waals surface area contributed by atoms with Gasteiger partial charge in [0.15, 0.2) is 0 Å². The normalized spacial score (nSPS) is 14.1. The van der Waals surface area contributed by atoms with E-state index < -0.39 is 5.82 Å². The molecule has 0 bridgehead atoms. The SMILES string of the molecule is Cc1c(C(=O)N2CCN(C(=O)c3cccc(F)c3)CC2)cnn1-c1ccccc1. The fourth-order valence-electron chi connectivity index (χ4n) is 3.54. The molecule has 0 saturated carbocycles. The van der Waals surface area contributed by atoms with Crippen LogP contribution in [0.25, 0.3) is 5.69 Å². The first-order chi connectivity index (χ1) is 14.0. The maximum absolute atomic E-state index is 13.4.